The van der Waals surface area contributed by atoms with Crippen molar-refractivity contribution < 1.29 is 9.53 Å². The number of carbonyl (C=O) groups is 1. The topological polar surface area (TPSA) is 61.2 Å². The zero-order chi connectivity index (χ0) is 23.0. The van der Waals surface area contributed by atoms with Crippen LogP contribution < -0.4 is 10.3 Å². The van der Waals surface area contributed by atoms with E-state index in [1.807, 2.05) is 70.2 Å². The summed E-state index contributed by atoms with van der Waals surface area (Å²) in [5, 5.41) is 0.561. The van der Waals surface area contributed by atoms with E-state index in [4.69, 9.17) is 9.72 Å². The summed E-state index contributed by atoms with van der Waals surface area (Å²) in [7, 11) is 1.62. The molecule has 4 aromatic rings. The molecule has 32 heavy (non-hydrogen) atoms. The number of nitrogens with zero attached hydrogens (tertiary/aromatic N) is 2. The van der Waals surface area contributed by atoms with Crippen molar-refractivity contribution in [3.05, 3.63) is 80.2 Å². The Hall–Kier alpha value is -3.25. The maximum absolute atomic E-state index is 13.7. The fourth-order valence-corrected chi connectivity index (χ4v) is 5.00. The minimum Gasteiger partial charge on any atom is -0.497 e. The zero-order valence-electron chi connectivity index (χ0n) is 19.0. The van der Waals surface area contributed by atoms with E-state index in [1.54, 1.807) is 7.11 Å². The average molecular weight is 447 g/mol. The van der Waals surface area contributed by atoms with Crippen molar-refractivity contribution in [1.29, 1.82) is 0 Å². The molecule has 0 aliphatic carbocycles. The predicted molar refractivity (Wildman–Crippen MR) is 130 cm³/mol. The minimum atomic E-state index is -0.175. The van der Waals surface area contributed by atoms with Crippen LogP contribution in [-0.4, -0.2) is 22.4 Å². The van der Waals surface area contributed by atoms with Gasteiger partial charge in [-0.1, -0.05) is 31.2 Å². The lowest BCUT2D eigenvalue weighted by atomic mass is 10.0. The van der Waals surface area contributed by atoms with E-state index in [9.17, 15) is 9.59 Å². The molecular weight excluding hydrogens is 420 g/mol. The fraction of sp³-hybridized carbons (Fsp3) is 0.269. The predicted octanol–water partition coefficient (Wildman–Crippen LogP) is 5.50. The summed E-state index contributed by atoms with van der Waals surface area (Å²) in [6.07, 6.45) is 0.566. The molecule has 0 spiro atoms. The summed E-state index contributed by atoms with van der Waals surface area (Å²) in [5.74, 6) is 1.25. The Balaban J connectivity index is 1.87. The van der Waals surface area contributed by atoms with Gasteiger partial charge in [-0.05, 0) is 55.7 Å². The van der Waals surface area contributed by atoms with Gasteiger partial charge in [0.15, 0.2) is 5.78 Å². The van der Waals surface area contributed by atoms with Crippen molar-refractivity contribution in [3.8, 4) is 16.9 Å². The van der Waals surface area contributed by atoms with Gasteiger partial charge in [0.05, 0.1) is 19.0 Å². The van der Waals surface area contributed by atoms with Crippen LogP contribution in [0.5, 0.6) is 5.75 Å². The quantitative estimate of drug-likeness (QED) is 0.367. The normalized spacial score (nSPS) is 11.2. The van der Waals surface area contributed by atoms with Gasteiger partial charge >= 0.3 is 0 Å². The molecule has 0 aliphatic heterocycles. The average Bonchev–Trinajstić information content (AvgIpc) is 3.13. The van der Waals surface area contributed by atoms with Crippen molar-refractivity contribution in [2.45, 2.75) is 40.7 Å². The van der Waals surface area contributed by atoms with Crippen molar-refractivity contribution in [3.63, 3.8) is 0 Å². The number of ether oxygens (including phenoxy) is 1. The van der Waals surface area contributed by atoms with Crippen LogP contribution in [0.25, 0.3) is 21.3 Å². The molecule has 2 aromatic carbocycles. The summed E-state index contributed by atoms with van der Waals surface area (Å²) in [6, 6.07) is 13.3. The van der Waals surface area contributed by atoms with Gasteiger partial charge in [0.1, 0.15) is 16.4 Å². The Labute approximate surface area is 191 Å². The summed E-state index contributed by atoms with van der Waals surface area (Å²) in [5.41, 5.74) is 4.39. The zero-order valence-corrected chi connectivity index (χ0v) is 19.8. The number of hydrogen-bond acceptors (Lipinski definition) is 5. The molecule has 6 heteroatoms. The third-order valence-corrected chi connectivity index (χ3v) is 6.87. The van der Waals surface area contributed by atoms with Gasteiger partial charge in [0.2, 0.25) is 0 Å². The van der Waals surface area contributed by atoms with Crippen LogP contribution in [0, 0.1) is 20.8 Å². The van der Waals surface area contributed by atoms with Crippen LogP contribution in [0.4, 0.5) is 0 Å². The maximum Gasteiger partial charge on any atom is 0.263 e. The smallest absolute Gasteiger partial charge is 0.263 e. The number of Topliss-reactive ketones (excluding diaryl/α,β-unsaturated/α-hetero) is 1. The molecule has 0 saturated heterocycles. The van der Waals surface area contributed by atoms with Crippen molar-refractivity contribution >= 4 is 27.3 Å². The fourth-order valence-electron chi connectivity index (χ4n) is 3.95. The summed E-state index contributed by atoms with van der Waals surface area (Å²) in [6.45, 7) is 7.92. The van der Waals surface area contributed by atoms with Gasteiger partial charge in [-0.2, -0.15) is 0 Å². The highest BCUT2D eigenvalue weighted by Crippen LogP contribution is 2.37. The molecule has 0 unspecified atom stereocenters. The molecule has 0 atom stereocenters. The number of carbonyl (C=O) groups excluding carboxylic acids is 1. The van der Waals surface area contributed by atoms with Gasteiger partial charge in [-0.25, -0.2) is 4.98 Å². The lowest BCUT2D eigenvalue weighted by molar-refractivity contribution is 0.0969. The Kier molecular flexibility index (Phi) is 5.98. The van der Waals surface area contributed by atoms with Gasteiger partial charge in [-0.3, -0.25) is 14.2 Å². The van der Waals surface area contributed by atoms with Crippen molar-refractivity contribution in [2.75, 3.05) is 7.11 Å². The van der Waals surface area contributed by atoms with E-state index in [1.165, 1.54) is 15.9 Å². The van der Waals surface area contributed by atoms with E-state index in [2.05, 4.69) is 0 Å². The molecule has 0 fully saturated rings. The molecule has 0 radical (unpaired) electrons. The van der Waals surface area contributed by atoms with Crippen molar-refractivity contribution in [1.82, 2.24) is 9.55 Å². The number of aryl methyl sites for hydroxylation is 4. The number of aromatic nitrogens is 2. The highest BCUT2D eigenvalue weighted by atomic mass is 32.1. The van der Waals surface area contributed by atoms with Crippen LogP contribution in [-0.2, 0) is 13.0 Å². The molecule has 2 aromatic heterocycles. The number of methoxy groups -OCH3 is 1. The first-order valence-corrected chi connectivity index (χ1v) is 11.4. The Bertz CT molecular complexity index is 1400. The highest BCUT2D eigenvalue weighted by molar-refractivity contribution is 7.19. The lowest BCUT2D eigenvalue weighted by Gasteiger charge is -2.12. The first kappa shape index (κ1) is 22.0. The first-order chi connectivity index (χ1) is 15.3. The van der Waals surface area contributed by atoms with Gasteiger partial charge < -0.3 is 4.74 Å². The van der Waals surface area contributed by atoms with Crippen LogP contribution >= 0.6 is 11.3 Å². The third kappa shape index (κ3) is 3.86. The molecule has 0 aliphatic rings. The van der Waals surface area contributed by atoms with E-state index < -0.39 is 0 Å². The number of fused-ring (bicyclic) bond motifs is 1. The standard InChI is InChI=1S/C26H26N2O3S/c1-6-22-27-25-24(23(17(4)32-25)19-8-7-9-20(13-19)31-5)26(30)28(22)14-21(29)18-11-10-15(2)16(3)12-18/h7-13H,6,14H2,1-5H3. The molecular formula is C26H26N2O3S. The molecule has 2 heterocycles. The third-order valence-electron chi connectivity index (χ3n) is 5.87. The van der Waals surface area contributed by atoms with E-state index in [0.29, 0.717) is 28.0 Å². The monoisotopic (exact) mass is 446 g/mol. The molecule has 0 amide bonds. The molecule has 4 rings (SSSR count). The number of hydrogen-bond donors (Lipinski definition) is 0. The lowest BCUT2D eigenvalue weighted by Crippen LogP contribution is -2.28. The Morgan fingerprint density at radius 1 is 1.09 bits per heavy atom. The van der Waals surface area contributed by atoms with Gasteiger partial charge in [-0.15, -0.1) is 11.3 Å². The van der Waals surface area contributed by atoms with E-state index in [0.717, 1.165) is 32.9 Å². The van der Waals surface area contributed by atoms with Crippen LogP contribution in [0.1, 0.15) is 39.1 Å². The van der Waals surface area contributed by atoms with E-state index >= 15 is 0 Å². The second-order valence-corrected chi connectivity index (χ2v) is 9.14. The maximum atomic E-state index is 13.7. The van der Waals surface area contributed by atoms with Crippen LogP contribution in [0.2, 0.25) is 0 Å². The van der Waals surface area contributed by atoms with Gasteiger partial charge in [0.25, 0.3) is 5.56 Å². The highest BCUT2D eigenvalue weighted by Gasteiger charge is 2.21. The SMILES string of the molecule is CCc1nc2sc(C)c(-c3cccc(OC)c3)c2c(=O)n1CC(=O)c1ccc(C)c(C)c1. The number of ketones is 1. The Morgan fingerprint density at radius 3 is 2.56 bits per heavy atom. The molecule has 0 bridgehead atoms. The molecule has 5 nitrogen and oxygen atoms in total. The number of benzene rings is 2. The van der Waals surface area contributed by atoms with Gasteiger partial charge in [0, 0.05) is 22.4 Å². The van der Waals surface area contributed by atoms with Crippen LogP contribution in [0.3, 0.4) is 0 Å². The summed E-state index contributed by atoms with van der Waals surface area (Å²) in [4.78, 5) is 33.3. The second kappa shape index (κ2) is 8.71. The summed E-state index contributed by atoms with van der Waals surface area (Å²) < 4.78 is 6.91. The summed E-state index contributed by atoms with van der Waals surface area (Å²) >= 11 is 1.51. The van der Waals surface area contributed by atoms with Crippen molar-refractivity contribution in [2.24, 2.45) is 0 Å². The second-order valence-electron chi connectivity index (χ2n) is 7.94. The molecule has 164 valence electrons. The largest absolute Gasteiger partial charge is 0.497 e. The van der Waals surface area contributed by atoms with E-state index in [-0.39, 0.29) is 17.9 Å². The Morgan fingerprint density at radius 2 is 1.88 bits per heavy atom. The number of rotatable bonds is 6. The molecule has 0 N–H and O–H groups in total. The molecule has 0 saturated carbocycles. The van der Waals surface area contributed by atoms with Crippen LogP contribution in [0.15, 0.2) is 47.3 Å². The minimum absolute atomic E-state index is 0.0279. The first-order valence-electron chi connectivity index (χ1n) is 10.6. The number of thiophene rings is 1.